The van der Waals surface area contributed by atoms with Gasteiger partial charge >= 0.3 is 12.2 Å². The number of carbonyl (C=O) groups excluding carboxylic acids is 4. The molecule has 0 spiro atoms. The highest BCUT2D eigenvalue weighted by Crippen LogP contribution is 2.33. The monoisotopic (exact) mass is 492 g/mol. The standard InChI is InChI=1S/C23H32N4O6S/c1-32-23(31)33-18-13-34-21(25-18)26-19(28)17(12-15-7-3-2-4-8-15)27-20(29)16(24-22(27)30)11-14-9-5-6-10-14/h13-17H,2-12H2,1H3,(H,24,30)(H,25,26,28)/t16-,17-/m0/s1. The maximum atomic E-state index is 13.4. The van der Waals surface area contributed by atoms with Gasteiger partial charge in [-0.3, -0.25) is 9.59 Å². The predicted molar refractivity (Wildman–Crippen MR) is 124 cm³/mol. The molecule has 2 aliphatic carbocycles. The van der Waals surface area contributed by atoms with Gasteiger partial charge in [-0.15, -0.1) is 11.3 Å². The van der Waals surface area contributed by atoms with Crippen LogP contribution < -0.4 is 15.4 Å². The second-order valence-electron chi connectivity index (χ2n) is 9.39. The van der Waals surface area contributed by atoms with Crippen molar-refractivity contribution in [1.29, 1.82) is 0 Å². The highest BCUT2D eigenvalue weighted by atomic mass is 32.1. The van der Waals surface area contributed by atoms with Crippen LogP contribution in [0.5, 0.6) is 5.88 Å². The van der Waals surface area contributed by atoms with Crippen molar-refractivity contribution in [3.8, 4) is 5.88 Å². The summed E-state index contributed by atoms with van der Waals surface area (Å²) >= 11 is 1.08. The van der Waals surface area contributed by atoms with Gasteiger partial charge in [-0.05, 0) is 24.7 Å². The van der Waals surface area contributed by atoms with Crippen LogP contribution in [0.4, 0.5) is 14.7 Å². The fourth-order valence-electron chi connectivity index (χ4n) is 5.33. The lowest BCUT2D eigenvalue weighted by molar-refractivity contribution is -0.134. The lowest BCUT2D eigenvalue weighted by Gasteiger charge is -2.30. The number of hydrogen-bond acceptors (Lipinski definition) is 8. The van der Waals surface area contributed by atoms with Gasteiger partial charge in [0.05, 0.1) is 12.5 Å². The maximum Gasteiger partial charge on any atom is 0.514 e. The Morgan fingerprint density at radius 3 is 2.53 bits per heavy atom. The van der Waals surface area contributed by atoms with Gasteiger partial charge in [0.25, 0.3) is 5.91 Å². The number of ether oxygens (including phenoxy) is 2. The Hall–Kier alpha value is -2.69. The highest BCUT2D eigenvalue weighted by Gasteiger charge is 2.46. The molecule has 2 N–H and O–H groups in total. The first-order valence-corrected chi connectivity index (χ1v) is 13.0. The molecular weight excluding hydrogens is 460 g/mol. The van der Waals surface area contributed by atoms with Crippen LogP contribution in [0.2, 0.25) is 0 Å². The topological polar surface area (TPSA) is 127 Å². The maximum absolute atomic E-state index is 13.4. The third-order valence-electron chi connectivity index (χ3n) is 7.06. The van der Waals surface area contributed by atoms with Crippen molar-refractivity contribution in [3.05, 3.63) is 5.38 Å². The first-order chi connectivity index (χ1) is 16.4. The average Bonchev–Trinajstić information content (AvgIpc) is 3.56. The Labute approximate surface area is 202 Å². The molecule has 0 radical (unpaired) electrons. The van der Waals surface area contributed by atoms with Crippen molar-refractivity contribution in [2.24, 2.45) is 11.8 Å². The number of nitrogens with one attached hydrogen (secondary N) is 2. The molecule has 2 heterocycles. The molecule has 2 atom stereocenters. The molecule has 1 saturated heterocycles. The minimum Gasteiger partial charge on any atom is -0.437 e. The van der Waals surface area contributed by atoms with Crippen molar-refractivity contribution >= 4 is 40.5 Å². The van der Waals surface area contributed by atoms with Crippen LogP contribution in [0.3, 0.4) is 0 Å². The van der Waals surface area contributed by atoms with Crippen LogP contribution >= 0.6 is 11.3 Å². The van der Waals surface area contributed by atoms with Gasteiger partial charge in [-0.1, -0.05) is 57.8 Å². The van der Waals surface area contributed by atoms with Gasteiger partial charge in [0.1, 0.15) is 12.1 Å². The Kier molecular flexibility index (Phi) is 8.02. The van der Waals surface area contributed by atoms with Gasteiger partial charge in [0.2, 0.25) is 11.8 Å². The van der Waals surface area contributed by atoms with E-state index in [4.69, 9.17) is 4.74 Å². The van der Waals surface area contributed by atoms with Crippen LogP contribution in [0.1, 0.15) is 70.6 Å². The fraction of sp³-hybridized carbons (Fsp3) is 0.696. The molecule has 10 nitrogen and oxygen atoms in total. The first-order valence-electron chi connectivity index (χ1n) is 12.1. The summed E-state index contributed by atoms with van der Waals surface area (Å²) in [5.74, 6) is -0.0734. The van der Waals surface area contributed by atoms with Crippen LogP contribution in [0.15, 0.2) is 5.38 Å². The second-order valence-corrected chi connectivity index (χ2v) is 10.2. The summed E-state index contributed by atoms with van der Waals surface area (Å²) in [7, 11) is 1.19. The van der Waals surface area contributed by atoms with Gasteiger partial charge in [-0.25, -0.2) is 14.5 Å². The van der Waals surface area contributed by atoms with E-state index in [1.165, 1.54) is 18.9 Å². The number of methoxy groups -OCH3 is 1. The van der Waals surface area contributed by atoms with Gasteiger partial charge in [-0.2, -0.15) is 4.98 Å². The van der Waals surface area contributed by atoms with Gasteiger partial charge < -0.3 is 20.1 Å². The Bertz CT molecular complexity index is 909. The van der Waals surface area contributed by atoms with E-state index in [1.54, 1.807) is 0 Å². The van der Waals surface area contributed by atoms with Crippen molar-refractivity contribution in [2.45, 2.75) is 82.7 Å². The van der Waals surface area contributed by atoms with Gasteiger partial charge in [0.15, 0.2) is 5.13 Å². The van der Waals surface area contributed by atoms with Crippen molar-refractivity contribution in [2.75, 3.05) is 12.4 Å². The quantitative estimate of drug-likeness (QED) is 0.414. The molecule has 34 heavy (non-hydrogen) atoms. The predicted octanol–water partition coefficient (Wildman–Crippen LogP) is 4.07. The molecule has 4 rings (SSSR count). The molecule has 1 aromatic heterocycles. The summed E-state index contributed by atoms with van der Waals surface area (Å²) in [6, 6.07) is -1.99. The largest absolute Gasteiger partial charge is 0.514 e. The molecule has 3 fully saturated rings. The molecule has 1 aliphatic heterocycles. The summed E-state index contributed by atoms with van der Waals surface area (Å²) in [6.45, 7) is 0. The van der Waals surface area contributed by atoms with Crippen LogP contribution in [-0.4, -0.2) is 53.1 Å². The van der Waals surface area contributed by atoms with E-state index in [9.17, 15) is 19.2 Å². The Balaban J connectivity index is 1.48. The SMILES string of the molecule is COC(=O)Oc1csc(NC(=O)[C@H](CC2CCCCC2)N2C(=O)N[C@@H](CC3CCCC3)C2=O)n1. The Morgan fingerprint density at radius 2 is 1.82 bits per heavy atom. The summed E-state index contributed by atoms with van der Waals surface area (Å²) in [6.07, 6.45) is 9.91. The molecule has 2 saturated carbocycles. The normalized spacial score (nSPS) is 22.5. The molecular formula is C23H32N4O6S. The third kappa shape index (κ3) is 5.86. The number of anilines is 1. The lowest BCUT2D eigenvalue weighted by Crippen LogP contribution is -2.49. The number of rotatable bonds is 8. The highest BCUT2D eigenvalue weighted by molar-refractivity contribution is 7.14. The van der Waals surface area contributed by atoms with Crippen LogP contribution in [0, 0.1) is 11.8 Å². The number of aromatic nitrogens is 1. The van der Waals surface area contributed by atoms with Crippen LogP contribution in [0.25, 0.3) is 0 Å². The summed E-state index contributed by atoms with van der Waals surface area (Å²) in [5, 5.41) is 7.22. The number of thiazole rings is 1. The minimum atomic E-state index is -0.918. The number of imide groups is 1. The molecule has 4 amide bonds. The number of nitrogens with zero attached hydrogens (tertiary/aromatic N) is 2. The van der Waals surface area contributed by atoms with Gasteiger partial charge in [0, 0.05) is 0 Å². The van der Waals surface area contributed by atoms with E-state index in [0.717, 1.165) is 67.6 Å². The first kappa shape index (κ1) is 24.4. The molecule has 186 valence electrons. The van der Waals surface area contributed by atoms with E-state index in [1.807, 2.05) is 0 Å². The summed E-state index contributed by atoms with van der Waals surface area (Å²) < 4.78 is 9.32. The van der Waals surface area contributed by atoms with Crippen molar-refractivity contribution < 1.29 is 28.7 Å². The smallest absolute Gasteiger partial charge is 0.437 e. The fourth-order valence-corrected chi connectivity index (χ4v) is 5.95. The zero-order chi connectivity index (χ0) is 24.1. The second kappa shape index (κ2) is 11.2. The lowest BCUT2D eigenvalue weighted by atomic mass is 9.84. The molecule has 11 heteroatoms. The van der Waals surface area contributed by atoms with Crippen molar-refractivity contribution in [1.82, 2.24) is 15.2 Å². The minimum absolute atomic E-state index is 0.00241. The molecule has 1 aromatic rings. The summed E-state index contributed by atoms with van der Waals surface area (Å²) in [4.78, 5) is 56.0. The van der Waals surface area contributed by atoms with Crippen molar-refractivity contribution in [3.63, 3.8) is 0 Å². The number of hydrogen-bond donors (Lipinski definition) is 2. The molecule has 0 aromatic carbocycles. The van der Waals surface area contributed by atoms with E-state index in [2.05, 4.69) is 20.4 Å². The van der Waals surface area contributed by atoms with E-state index >= 15 is 0 Å². The third-order valence-corrected chi connectivity index (χ3v) is 7.80. The zero-order valence-electron chi connectivity index (χ0n) is 19.4. The Morgan fingerprint density at radius 1 is 1.15 bits per heavy atom. The van der Waals surface area contributed by atoms with E-state index in [-0.39, 0.29) is 22.8 Å². The number of urea groups is 1. The zero-order valence-corrected chi connectivity index (χ0v) is 20.2. The molecule has 0 unspecified atom stereocenters. The number of amides is 4. The number of carbonyl (C=O) groups is 4. The van der Waals surface area contributed by atoms with E-state index in [0.29, 0.717) is 18.8 Å². The molecule has 3 aliphatic rings. The van der Waals surface area contributed by atoms with Crippen LogP contribution in [-0.2, 0) is 14.3 Å². The van der Waals surface area contributed by atoms with E-state index < -0.39 is 30.2 Å². The average molecular weight is 493 g/mol. The summed E-state index contributed by atoms with van der Waals surface area (Å²) in [5.41, 5.74) is 0. The molecule has 0 bridgehead atoms.